The normalized spacial score (nSPS) is 15.8. The minimum atomic E-state index is -0.253. The van der Waals surface area contributed by atoms with Gasteiger partial charge in [0.1, 0.15) is 5.25 Å². The molecule has 0 bridgehead atoms. The molecule has 1 saturated heterocycles. The number of likely N-dealkylation sites (tertiary alicyclic amines) is 1. The van der Waals surface area contributed by atoms with Crippen LogP contribution >= 0.6 is 23.1 Å². The van der Waals surface area contributed by atoms with Gasteiger partial charge in [-0.3, -0.25) is 4.79 Å². The molecule has 1 amide bonds. The third-order valence-corrected chi connectivity index (χ3v) is 5.85. The second kappa shape index (κ2) is 7.11. The Morgan fingerprint density at radius 3 is 2.64 bits per heavy atom. The summed E-state index contributed by atoms with van der Waals surface area (Å²) in [5, 5.41) is 11.7. The fourth-order valence-corrected chi connectivity index (χ4v) is 4.43. The Morgan fingerprint density at radius 2 is 2.00 bits per heavy atom. The molecular weight excluding hydrogens is 316 g/mol. The van der Waals surface area contributed by atoms with Crippen LogP contribution in [-0.4, -0.2) is 41.1 Å². The topological polar surface area (TPSA) is 58.1 Å². The Balaban J connectivity index is 1.83. The van der Waals surface area contributed by atoms with Crippen LogP contribution in [0.25, 0.3) is 0 Å². The van der Waals surface area contributed by atoms with Gasteiger partial charge in [-0.1, -0.05) is 53.4 Å². The van der Waals surface area contributed by atoms with Gasteiger partial charge < -0.3 is 10.2 Å². The van der Waals surface area contributed by atoms with Gasteiger partial charge in [-0.15, -0.1) is 10.2 Å². The van der Waals surface area contributed by atoms with Gasteiger partial charge in [0.15, 0.2) is 4.34 Å². The summed E-state index contributed by atoms with van der Waals surface area (Å²) in [7, 11) is 1.82. The average Bonchev–Trinajstić information content (AvgIpc) is 3.24. The number of thioether (sulfide) groups is 1. The summed E-state index contributed by atoms with van der Waals surface area (Å²) in [4.78, 5) is 14.8. The van der Waals surface area contributed by atoms with E-state index < -0.39 is 0 Å². The average molecular weight is 334 g/mol. The lowest BCUT2D eigenvalue weighted by atomic mass is 10.1. The molecule has 116 valence electrons. The van der Waals surface area contributed by atoms with Crippen molar-refractivity contribution in [1.82, 2.24) is 15.1 Å². The molecule has 1 aromatic heterocycles. The number of anilines is 1. The molecule has 1 atom stereocenters. The molecule has 1 aromatic carbocycles. The van der Waals surface area contributed by atoms with E-state index in [9.17, 15) is 4.79 Å². The van der Waals surface area contributed by atoms with Gasteiger partial charge in [-0.05, 0) is 18.4 Å². The van der Waals surface area contributed by atoms with Crippen molar-refractivity contribution in [2.24, 2.45) is 0 Å². The Bertz CT molecular complexity index is 625. The van der Waals surface area contributed by atoms with Gasteiger partial charge in [0.2, 0.25) is 11.0 Å². The van der Waals surface area contributed by atoms with Gasteiger partial charge >= 0.3 is 0 Å². The van der Waals surface area contributed by atoms with Crippen LogP contribution in [0, 0.1) is 0 Å². The van der Waals surface area contributed by atoms with Crippen molar-refractivity contribution in [1.29, 1.82) is 0 Å². The molecule has 0 unspecified atom stereocenters. The lowest BCUT2D eigenvalue weighted by molar-refractivity contribution is -0.129. The number of carbonyl (C=O) groups is 1. The second-order valence-corrected chi connectivity index (χ2v) is 7.39. The fourth-order valence-electron chi connectivity index (χ4n) is 2.45. The number of amides is 1. The van der Waals surface area contributed by atoms with Gasteiger partial charge in [0.05, 0.1) is 0 Å². The van der Waals surface area contributed by atoms with Crippen LogP contribution in [0.1, 0.15) is 23.7 Å². The van der Waals surface area contributed by atoms with Crippen molar-refractivity contribution >= 4 is 34.1 Å². The quantitative estimate of drug-likeness (QED) is 0.852. The lowest BCUT2D eigenvalue weighted by Crippen LogP contribution is -2.31. The first-order chi connectivity index (χ1) is 10.8. The van der Waals surface area contributed by atoms with E-state index in [1.165, 1.54) is 23.1 Å². The van der Waals surface area contributed by atoms with E-state index in [0.29, 0.717) is 0 Å². The molecule has 3 rings (SSSR count). The number of rotatable bonds is 5. The number of aromatic nitrogens is 2. The molecule has 2 aromatic rings. The molecule has 0 spiro atoms. The number of nitrogens with zero attached hydrogens (tertiary/aromatic N) is 3. The summed E-state index contributed by atoms with van der Waals surface area (Å²) < 4.78 is 0.811. The molecule has 0 radical (unpaired) electrons. The molecule has 5 nitrogen and oxygen atoms in total. The molecule has 22 heavy (non-hydrogen) atoms. The van der Waals surface area contributed by atoms with E-state index in [4.69, 9.17) is 0 Å². The van der Waals surface area contributed by atoms with Crippen LogP contribution in [0.5, 0.6) is 0 Å². The van der Waals surface area contributed by atoms with E-state index in [2.05, 4.69) is 15.5 Å². The Hall–Kier alpha value is -1.60. The van der Waals surface area contributed by atoms with Crippen molar-refractivity contribution in [3.8, 4) is 0 Å². The zero-order valence-corrected chi connectivity index (χ0v) is 14.0. The number of hydrogen-bond acceptors (Lipinski definition) is 6. The highest BCUT2D eigenvalue weighted by molar-refractivity contribution is 8.01. The molecule has 7 heteroatoms. The van der Waals surface area contributed by atoms with E-state index in [1.54, 1.807) is 0 Å². The molecule has 0 aliphatic carbocycles. The summed E-state index contributed by atoms with van der Waals surface area (Å²) in [5.74, 6) is 0.176. The van der Waals surface area contributed by atoms with Crippen LogP contribution in [0.4, 0.5) is 5.13 Å². The van der Waals surface area contributed by atoms with Crippen molar-refractivity contribution in [2.45, 2.75) is 22.4 Å². The van der Waals surface area contributed by atoms with Gasteiger partial charge in [0.25, 0.3) is 0 Å². The number of benzene rings is 1. The van der Waals surface area contributed by atoms with E-state index in [0.717, 1.165) is 41.0 Å². The highest BCUT2D eigenvalue weighted by atomic mass is 32.2. The maximum Gasteiger partial charge on any atom is 0.240 e. The summed E-state index contributed by atoms with van der Waals surface area (Å²) in [6, 6.07) is 9.92. The highest BCUT2D eigenvalue weighted by Gasteiger charge is 2.29. The second-order valence-electron chi connectivity index (χ2n) is 5.06. The van der Waals surface area contributed by atoms with Crippen LogP contribution in [-0.2, 0) is 4.79 Å². The van der Waals surface area contributed by atoms with Crippen LogP contribution in [0.15, 0.2) is 34.7 Å². The van der Waals surface area contributed by atoms with Crippen molar-refractivity contribution in [2.75, 3.05) is 25.5 Å². The zero-order valence-electron chi connectivity index (χ0n) is 12.4. The number of nitrogens with one attached hydrogen (secondary N) is 1. The van der Waals surface area contributed by atoms with Crippen LogP contribution in [0.2, 0.25) is 0 Å². The Morgan fingerprint density at radius 1 is 1.27 bits per heavy atom. The minimum Gasteiger partial charge on any atom is -0.363 e. The first-order valence-corrected chi connectivity index (χ1v) is 8.99. The first kappa shape index (κ1) is 15.3. The summed E-state index contributed by atoms with van der Waals surface area (Å²) in [5.41, 5.74) is 1.02. The lowest BCUT2D eigenvalue weighted by Gasteiger charge is -2.22. The molecule has 1 aliphatic rings. The maximum atomic E-state index is 12.9. The minimum absolute atomic E-state index is 0.176. The zero-order chi connectivity index (χ0) is 15.4. The van der Waals surface area contributed by atoms with E-state index in [-0.39, 0.29) is 11.2 Å². The third kappa shape index (κ3) is 3.41. The van der Waals surface area contributed by atoms with Crippen LogP contribution in [0.3, 0.4) is 0 Å². The van der Waals surface area contributed by atoms with Crippen molar-refractivity contribution in [3.63, 3.8) is 0 Å². The maximum absolute atomic E-state index is 12.9. The van der Waals surface area contributed by atoms with Gasteiger partial charge in [-0.2, -0.15) is 0 Å². The molecule has 1 aliphatic heterocycles. The molecular formula is C15H18N4OS2. The van der Waals surface area contributed by atoms with Gasteiger partial charge in [0, 0.05) is 20.1 Å². The van der Waals surface area contributed by atoms with Crippen molar-refractivity contribution in [3.05, 3.63) is 35.9 Å². The monoisotopic (exact) mass is 334 g/mol. The summed E-state index contributed by atoms with van der Waals surface area (Å²) in [6.45, 7) is 1.72. The first-order valence-electron chi connectivity index (χ1n) is 7.29. The molecule has 1 fully saturated rings. The predicted molar refractivity (Wildman–Crippen MR) is 90.3 cm³/mol. The highest BCUT2D eigenvalue weighted by Crippen LogP contribution is 2.39. The third-order valence-electron chi connectivity index (χ3n) is 3.58. The summed E-state index contributed by atoms with van der Waals surface area (Å²) >= 11 is 2.96. The smallest absolute Gasteiger partial charge is 0.240 e. The largest absolute Gasteiger partial charge is 0.363 e. The Labute approximate surface area is 138 Å². The van der Waals surface area contributed by atoms with E-state index in [1.807, 2.05) is 42.3 Å². The Kier molecular flexibility index (Phi) is 4.94. The molecule has 0 saturated carbocycles. The van der Waals surface area contributed by atoms with E-state index >= 15 is 0 Å². The number of hydrogen-bond donors (Lipinski definition) is 1. The number of carbonyl (C=O) groups excluding carboxylic acids is 1. The molecule has 2 heterocycles. The van der Waals surface area contributed by atoms with Crippen LogP contribution < -0.4 is 5.32 Å². The van der Waals surface area contributed by atoms with Crippen molar-refractivity contribution < 1.29 is 4.79 Å². The SMILES string of the molecule is CNc1nnc(S[C@@H](C(=O)N2CCCC2)c2ccccc2)s1. The molecule has 1 N–H and O–H groups in total. The predicted octanol–water partition coefficient (Wildman–Crippen LogP) is 3.04. The standard InChI is InChI=1S/C15H18N4OS2/c1-16-14-17-18-15(22-14)21-12(11-7-3-2-4-8-11)13(20)19-9-5-6-10-19/h2-4,7-8,12H,5-6,9-10H2,1H3,(H,16,17)/t12-/m1/s1. The fraction of sp³-hybridized carbons (Fsp3) is 0.400. The van der Waals surface area contributed by atoms with Gasteiger partial charge in [-0.25, -0.2) is 0 Å². The summed E-state index contributed by atoms with van der Waals surface area (Å²) in [6.07, 6.45) is 2.20.